The molecule has 6 rings (SSSR count). The highest BCUT2D eigenvalue weighted by molar-refractivity contribution is 6.06. The fourth-order valence-corrected chi connectivity index (χ4v) is 7.90. The van der Waals surface area contributed by atoms with Crippen LogP contribution in [0.15, 0.2) is 90.1 Å². The van der Waals surface area contributed by atoms with Gasteiger partial charge in [0.2, 0.25) is 11.8 Å². The highest BCUT2D eigenvalue weighted by Crippen LogP contribution is 2.47. The molecule has 2 saturated heterocycles. The molecule has 0 spiro atoms. The van der Waals surface area contributed by atoms with Gasteiger partial charge in [0.05, 0.1) is 36.8 Å². The number of ether oxygens (including phenoxy) is 1. The van der Waals surface area contributed by atoms with E-state index in [0.29, 0.717) is 36.8 Å². The molecule has 9 heteroatoms. The number of aliphatic hydroxyl groups excluding tert-OH is 2. The number of amides is 2. The molecule has 4 atom stereocenters. The number of carbonyl (C=O) groups excluding carboxylic acids is 2. The number of carbonyl (C=O) groups is 2. The van der Waals surface area contributed by atoms with Crippen molar-refractivity contribution in [1.82, 2.24) is 14.8 Å². The first-order valence-corrected chi connectivity index (χ1v) is 16.9. The lowest BCUT2D eigenvalue weighted by molar-refractivity contribution is -0.144. The van der Waals surface area contributed by atoms with Gasteiger partial charge in [-0.05, 0) is 78.7 Å². The van der Waals surface area contributed by atoms with Crippen LogP contribution in [-0.2, 0) is 20.9 Å². The fraction of sp³-hybridized carbons (Fsp3) is 0.410. The lowest BCUT2D eigenvalue weighted by Gasteiger charge is -2.37. The van der Waals surface area contributed by atoms with E-state index < -0.39 is 23.9 Å². The van der Waals surface area contributed by atoms with Crippen molar-refractivity contribution in [1.29, 1.82) is 0 Å². The van der Waals surface area contributed by atoms with Gasteiger partial charge in [-0.25, -0.2) is 0 Å². The van der Waals surface area contributed by atoms with Gasteiger partial charge in [-0.15, -0.1) is 0 Å². The van der Waals surface area contributed by atoms with Crippen LogP contribution in [0, 0.1) is 17.8 Å². The maximum atomic E-state index is 14.1. The highest BCUT2D eigenvalue weighted by Gasteiger charge is 2.56. The van der Waals surface area contributed by atoms with E-state index in [0.717, 1.165) is 36.5 Å². The number of piperidine rings is 1. The summed E-state index contributed by atoms with van der Waals surface area (Å²) in [4.78, 5) is 36.4. The second-order valence-corrected chi connectivity index (χ2v) is 13.2. The predicted molar refractivity (Wildman–Crippen MR) is 183 cm³/mol. The number of para-hydroxylation sites is 1. The Bertz CT molecular complexity index is 1630. The number of methoxy groups -OCH3 is 1. The molecule has 0 unspecified atom stereocenters. The molecule has 2 fully saturated rings. The Morgan fingerprint density at radius 1 is 1.00 bits per heavy atom. The zero-order valence-corrected chi connectivity index (χ0v) is 27.4. The van der Waals surface area contributed by atoms with Crippen LogP contribution in [0.25, 0.3) is 11.6 Å². The summed E-state index contributed by atoms with van der Waals surface area (Å²) < 4.78 is 5.54. The molecule has 0 bridgehead atoms. The minimum atomic E-state index is -0.983. The molecule has 1 aromatic heterocycles. The summed E-state index contributed by atoms with van der Waals surface area (Å²) in [6, 6.07) is 22.8. The van der Waals surface area contributed by atoms with Crippen LogP contribution >= 0.6 is 0 Å². The Morgan fingerprint density at radius 3 is 2.42 bits per heavy atom. The number of allylic oxidation sites excluding steroid dienone is 1. The number of aliphatic hydroxyl groups is 2. The van der Waals surface area contributed by atoms with Crippen molar-refractivity contribution in [3.05, 3.63) is 107 Å². The first kappa shape index (κ1) is 33.7. The van der Waals surface area contributed by atoms with Gasteiger partial charge in [0, 0.05) is 50.5 Å². The van der Waals surface area contributed by atoms with E-state index in [1.807, 2.05) is 54.6 Å². The predicted octanol–water partition coefficient (Wildman–Crippen LogP) is 4.69. The lowest BCUT2D eigenvalue weighted by atomic mass is 9.68. The van der Waals surface area contributed by atoms with E-state index in [1.165, 1.54) is 10.5 Å². The number of nitrogens with zero attached hydrogens (tertiary/aromatic N) is 3. The number of phenols is 1. The quantitative estimate of drug-likeness (QED) is 0.191. The van der Waals surface area contributed by atoms with Crippen molar-refractivity contribution in [3.63, 3.8) is 0 Å². The third-order valence-corrected chi connectivity index (χ3v) is 10.2. The van der Waals surface area contributed by atoms with Gasteiger partial charge >= 0.3 is 0 Å². The molecule has 48 heavy (non-hydrogen) atoms. The monoisotopic (exact) mass is 651 g/mol. The maximum Gasteiger partial charge on any atom is 0.234 e. The molecule has 3 aromatic rings. The summed E-state index contributed by atoms with van der Waals surface area (Å²) in [6.07, 6.45) is 5.04. The number of phenolic OH excluding ortho intramolecular Hbond substituents is 1. The van der Waals surface area contributed by atoms with E-state index in [-0.39, 0.29) is 43.2 Å². The molecule has 3 heterocycles. The zero-order chi connectivity index (χ0) is 33.6. The topological polar surface area (TPSA) is 123 Å². The van der Waals surface area contributed by atoms with Crippen LogP contribution in [0.1, 0.15) is 48.9 Å². The van der Waals surface area contributed by atoms with Crippen molar-refractivity contribution in [3.8, 4) is 5.75 Å². The number of rotatable bonds is 12. The Morgan fingerprint density at radius 2 is 1.73 bits per heavy atom. The summed E-state index contributed by atoms with van der Waals surface area (Å²) in [5.41, 5.74) is 4.81. The summed E-state index contributed by atoms with van der Waals surface area (Å²) in [5.74, 6) is -2.25. The molecule has 0 saturated carbocycles. The molecule has 0 radical (unpaired) electrons. The van der Waals surface area contributed by atoms with Gasteiger partial charge in [-0.3, -0.25) is 24.4 Å². The summed E-state index contributed by atoms with van der Waals surface area (Å²) >= 11 is 0. The molecule has 9 nitrogen and oxygen atoms in total. The molecular formula is C39H45N3O6. The fourth-order valence-electron chi connectivity index (χ4n) is 7.90. The van der Waals surface area contributed by atoms with E-state index in [1.54, 1.807) is 25.4 Å². The van der Waals surface area contributed by atoms with Crippen molar-refractivity contribution >= 4 is 23.5 Å². The summed E-state index contributed by atoms with van der Waals surface area (Å²) in [7, 11) is 1.57. The van der Waals surface area contributed by atoms with Gasteiger partial charge in [-0.1, -0.05) is 54.6 Å². The van der Waals surface area contributed by atoms with Gasteiger partial charge < -0.3 is 20.1 Å². The number of aromatic nitrogens is 1. The van der Waals surface area contributed by atoms with Gasteiger partial charge in [0.25, 0.3) is 0 Å². The Kier molecular flexibility index (Phi) is 10.8. The number of aromatic hydroxyl groups is 1. The van der Waals surface area contributed by atoms with Crippen molar-refractivity contribution in [2.24, 2.45) is 17.8 Å². The summed E-state index contributed by atoms with van der Waals surface area (Å²) in [5, 5.41) is 33.0. The van der Waals surface area contributed by atoms with Gasteiger partial charge in [0.15, 0.2) is 0 Å². The number of hydrogen-bond acceptors (Lipinski definition) is 8. The molecule has 1 aliphatic carbocycles. The van der Waals surface area contributed by atoms with Crippen LogP contribution in [-0.4, -0.2) is 87.5 Å². The minimum absolute atomic E-state index is 0.145. The third kappa shape index (κ3) is 7.15. The SMILES string of the molecule is COCC1=C([C@H](O)CC/C(=C/c2ccccc2O)c2ccccn2)[C@H](CO)[C@@H]2C(=O)N(C3CCN(Cc4ccccc4)CC3)C(=O)[C@@H]2C1. The highest BCUT2D eigenvalue weighted by atomic mass is 16.5. The maximum absolute atomic E-state index is 14.1. The van der Waals surface area contributed by atoms with E-state index in [9.17, 15) is 24.9 Å². The number of likely N-dealkylation sites (tertiary alicyclic amines) is 2. The Hall–Kier alpha value is -4.15. The molecule has 2 amide bonds. The molecule has 2 aliphatic heterocycles. The first-order valence-electron chi connectivity index (χ1n) is 16.9. The van der Waals surface area contributed by atoms with E-state index >= 15 is 0 Å². The smallest absolute Gasteiger partial charge is 0.234 e. The standard InChI is InChI=1S/C39H45N3O6/c1-48-25-29-22-31-37(39(47)42(38(31)46)30-16-19-41(20-17-30)23-26-9-3-2-4-10-26)32(24-43)36(29)35(45)15-14-27(33-12-7-8-18-40-33)21-28-11-5-6-13-34(28)44/h2-13,18,21,30-32,35,37,43-45H,14-17,19-20,22-25H2,1H3/b27-21-/t31-,32+,35-,37-/m1/s1. The average molecular weight is 652 g/mol. The van der Waals surface area contributed by atoms with Crippen LogP contribution in [0.5, 0.6) is 5.75 Å². The van der Waals surface area contributed by atoms with E-state index in [2.05, 4.69) is 22.0 Å². The van der Waals surface area contributed by atoms with Crippen molar-refractivity contribution < 1.29 is 29.6 Å². The molecule has 2 aromatic carbocycles. The second kappa shape index (κ2) is 15.4. The lowest BCUT2D eigenvalue weighted by Crippen LogP contribution is -2.47. The number of benzene rings is 2. The normalized spacial score (nSPS) is 23.1. The van der Waals surface area contributed by atoms with E-state index in [4.69, 9.17) is 4.74 Å². The largest absolute Gasteiger partial charge is 0.507 e. The average Bonchev–Trinajstić information content (AvgIpc) is 3.36. The Labute approximate surface area is 282 Å². The van der Waals surface area contributed by atoms with Crippen LogP contribution in [0.4, 0.5) is 0 Å². The van der Waals surface area contributed by atoms with Crippen molar-refractivity contribution in [2.45, 2.75) is 50.8 Å². The number of fused-ring (bicyclic) bond motifs is 1. The number of pyridine rings is 1. The number of hydrogen-bond donors (Lipinski definition) is 3. The van der Waals surface area contributed by atoms with Crippen molar-refractivity contribution in [2.75, 3.05) is 33.4 Å². The first-order chi connectivity index (χ1) is 23.4. The molecule has 3 aliphatic rings. The molecule has 3 N–H and O–H groups in total. The van der Waals surface area contributed by atoms with Crippen LogP contribution in [0.2, 0.25) is 0 Å². The second-order valence-electron chi connectivity index (χ2n) is 13.2. The summed E-state index contributed by atoms with van der Waals surface area (Å²) in [6.45, 7) is 2.26. The third-order valence-electron chi connectivity index (χ3n) is 10.2. The Balaban J connectivity index is 1.20. The molecule has 252 valence electrons. The van der Waals surface area contributed by atoms with Gasteiger partial charge in [0.1, 0.15) is 5.75 Å². The zero-order valence-electron chi connectivity index (χ0n) is 27.4. The minimum Gasteiger partial charge on any atom is -0.507 e. The molecular weight excluding hydrogens is 606 g/mol. The number of imide groups is 1. The van der Waals surface area contributed by atoms with Gasteiger partial charge in [-0.2, -0.15) is 0 Å². The van der Waals surface area contributed by atoms with Crippen LogP contribution in [0.3, 0.4) is 0 Å². The van der Waals surface area contributed by atoms with Crippen LogP contribution < -0.4 is 0 Å².